The minimum absolute atomic E-state index is 0.911. The Balaban J connectivity index is 1.10. The summed E-state index contributed by atoms with van der Waals surface area (Å²) in [7, 11) is 0. The first-order valence-electron chi connectivity index (χ1n) is 14.9. The van der Waals surface area contributed by atoms with Gasteiger partial charge in [-0.2, -0.15) is 0 Å². The van der Waals surface area contributed by atoms with Gasteiger partial charge in [-0.25, -0.2) is 0 Å². The maximum absolute atomic E-state index is 6.15. The molecule has 208 valence electrons. The molecule has 0 unspecified atom stereocenters. The zero-order valence-corrected chi connectivity index (χ0v) is 24.1. The Bertz CT molecular complexity index is 2180. The molecule has 1 heterocycles. The molecule has 2 heteroatoms. The molecule has 0 aliphatic heterocycles. The molecule has 8 aromatic rings. The molecule has 0 amide bonds. The predicted octanol–water partition coefficient (Wildman–Crippen LogP) is 12.1. The van der Waals surface area contributed by atoms with Crippen molar-refractivity contribution in [1.82, 2.24) is 0 Å². The van der Waals surface area contributed by atoms with Crippen molar-refractivity contribution in [2.75, 3.05) is 4.90 Å². The van der Waals surface area contributed by atoms with Crippen molar-refractivity contribution < 1.29 is 4.42 Å². The van der Waals surface area contributed by atoms with E-state index in [1.807, 2.05) is 12.1 Å². The summed E-state index contributed by atoms with van der Waals surface area (Å²) in [6.07, 6.45) is 0. The minimum atomic E-state index is 0.911. The molecule has 8 rings (SSSR count). The monoisotopic (exact) mass is 563 g/mol. The number of para-hydroxylation sites is 2. The van der Waals surface area contributed by atoms with Gasteiger partial charge in [0.1, 0.15) is 11.2 Å². The molecule has 2 nitrogen and oxygen atoms in total. The average molecular weight is 564 g/mol. The van der Waals surface area contributed by atoms with Crippen molar-refractivity contribution in [2.45, 2.75) is 0 Å². The summed E-state index contributed by atoms with van der Waals surface area (Å²) < 4.78 is 6.15. The molecular weight excluding hydrogens is 534 g/mol. The Labute approximate surface area is 257 Å². The largest absolute Gasteiger partial charge is 0.456 e. The topological polar surface area (TPSA) is 16.4 Å². The molecule has 0 fully saturated rings. The number of benzene rings is 7. The molecule has 0 radical (unpaired) electrons. The third-order valence-corrected chi connectivity index (χ3v) is 8.30. The zero-order chi connectivity index (χ0) is 29.3. The normalized spacial score (nSPS) is 11.2. The van der Waals surface area contributed by atoms with E-state index in [2.05, 4.69) is 169 Å². The van der Waals surface area contributed by atoms with Crippen LogP contribution in [0.3, 0.4) is 0 Å². The fourth-order valence-corrected chi connectivity index (χ4v) is 6.02. The lowest BCUT2D eigenvalue weighted by atomic mass is 10.00. The van der Waals surface area contributed by atoms with Gasteiger partial charge in [-0.15, -0.1) is 0 Å². The SMILES string of the molecule is c1ccc(-c2ccc(-c3ccc(N(c4ccccc4)c4ccc(-c5ccc6c(c5)oc5ccccc56)cc4)cc3)cc2)cc1. The fourth-order valence-electron chi connectivity index (χ4n) is 6.02. The molecule has 44 heavy (non-hydrogen) atoms. The first-order chi connectivity index (χ1) is 21.8. The molecular formula is C42H29NO. The van der Waals surface area contributed by atoms with Crippen molar-refractivity contribution in [3.05, 3.63) is 176 Å². The van der Waals surface area contributed by atoms with E-state index in [0.29, 0.717) is 0 Å². The Morgan fingerprint density at radius 1 is 0.295 bits per heavy atom. The highest BCUT2D eigenvalue weighted by molar-refractivity contribution is 6.05. The van der Waals surface area contributed by atoms with Crippen molar-refractivity contribution in [3.8, 4) is 33.4 Å². The molecule has 0 N–H and O–H groups in total. The second-order valence-corrected chi connectivity index (χ2v) is 11.0. The molecule has 1 aromatic heterocycles. The van der Waals surface area contributed by atoms with E-state index >= 15 is 0 Å². The van der Waals surface area contributed by atoms with E-state index in [1.54, 1.807) is 0 Å². The summed E-state index contributed by atoms with van der Waals surface area (Å²) in [6.45, 7) is 0. The third kappa shape index (κ3) is 4.83. The van der Waals surface area contributed by atoms with Crippen LogP contribution in [0, 0.1) is 0 Å². The quantitative estimate of drug-likeness (QED) is 0.200. The second kappa shape index (κ2) is 11.1. The van der Waals surface area contributed by atoms with Crippen LogP contribution in [0.5, 0.6) is 0 Å². The molecule has 0 aliphatic rings. The van der Waals surface area contributed by atoms with Gasteiger partial charge in [0.15, 0.2) is 0 Å². The zero-order valence-electron chi connectivity index (χ0n) is 24.1. The highest BCUT2D eigenvalue weighted by Crippen LogP contribution is 2.38. The van der Waals surface area contributed by atoms with Gasteiger partial charge in [-0.1, -0.05) is 121 Å². The van der Waals surface area contributed by atoms with Gasteiger partial charge in [0.25, 0.3) is 0 Å². The van der Waals surface area contributed by atoms with Crippen LogP contribution in [0.2, 0.25) is 0 Å². The summed E-state index contributed by atoms with van der Waals surface area (Å²) in [5.74, 6) is 0. The summed E-state index contributed by atoms with van der Waals surface area (Å²) in [5, 5.41) is 2.30. The third-order valence-electron chi connectivity index (χ3n) is 8.30. The van der Waals surface area contributed by atoms with Gasteiger partial charge in [-0.3, -0.25) is 0 Å². The van der Waals surface area contributed by atoms with Crippen molar-refractivity contribution >= 4 is 39.0 Å². The first-order valence-corrected chi connectivity index (χ1v) is 14.9. The lowest BCUT2D eigenvalue weighted by molar-refractivity contribution is 0.669. The lowest BCUT2D eigenvalue weighted by Crippen LogP contribution is -2.09. The van der Waals surface area contributed by atoms with Gasteiger partial charge >= 0.3 is 0 Å². The van der Waals surface area contributed by atoms with E-state index in [1.165, 1.54) is 22.3 Å². The number of nitrogens with zero attached hydrogens (tertiary/aromatic N) is 1. The molecule has 0 atom stereocenters. The molecule has 0 spiro atoms. The van der Waals surface area contributed by atoms with Crippen LogP contribution in [-0.4, -0.2) is 0 Å². The molecule has 0 bridgehead atoms. The van der Waals surface area contributed by atoms with Gasteiger partial charge in [-0.05, 0) is 88.0 Å². The van der Waals surface area contributed by atoms with Crippen LogP contribution in [-0.2, 0) is 0 Å². The Morgan fingerprint density at radius 3 is 1.32 bits per heavy atom. The van der Waals surface area contributed by atoms with E-state index in [9.17, 15) is 0 Å². The van der Waals surface area contributed by atoms with Crippen LogP contribution in [0.1, 0.15) is 0 Å². The smallest absolute Gasteiger partial charge is 0.136 e. The van der Waals surface area contributed by atoms with Gasteiger partial charge in [0.2, 0.25) is 0 Å². The minimum Gasteiger partial charge on any atom is -0.456 e. The predicted molar refractivity (Wildman–Crippen MR) is 185 cm³/mol. The maximum atomic E-state index is 6.15. The van der Waals surface area contributed by atoms with E-state index < -0.39 is 0 Å². The maximum Gasteiger partial charge on any atom is 0.136 e. The van der Waals surface area contributed by atoms with Gasteiger partial charge in [0.05, 0.1) is 0 Å². The number of hydrogen-bond donors (Lipinski definition) is 0. The molecule has 7 aromatic carbocycles. The van der Waals surface area contributed by atoms with Crippen LogP contribution < -0.4 is 4.90 Å². The summed E-state index contributed by atoms with van der Waals surface area (Å²) in [6, 6.07) is 62.1. The van der Waals surface area contributed by atoms with Crippen molar-refractivity contribution in [3.63, 3.8) is 0 Å². The lowest BCUT2D eigenvalue weighted by Gasteiger charge is -2.26. The van der Waals surface area contributed by atoms with Crippen LogP contribution >= 0.6 is 0 Å². The number of fused-ring (bicyclic) bond motifs is 3. The fraction of sp³-hybridized carbons (Fsp3) is 0. The summed E-state index contributed by atoms with van der Waals surface area (Å²) in [5.41, 5.74) is 12.3. The molecule has 0 aliphatic carbocycles. The number of hydrogen-bond acceptors (Lipinski definition) is 2. The molecule has 0 saturated heterocycles. The Morgan fingerprint density at radius 2 is 0.705 bits per heavy atom. The van der Waals surface area contributed by atoms with Gasteiger partial charge < -0.3 is 9.32 Å². The number of rotatable bonds is 6. The summed E-state index contributed by atoms with van der Waals surface area (Å²) >= 11 is 0. The van der Waals surface area contributed by atoms with Crippen LogP contribution in [0.4, 0.5) is 17.1 Å². The van der Waals surface area contributed by atoms with Crippen LogP contribution in [0.15, 0.2) is 180 Å². The van der Waals surface area contributed by atoms with Crippen LogP contribution in [0.25, 0.3) is 55.3 Å². The summed E-state index contributed by atoms with van der Waals surface area (Å²) in [4.78, 5) is 2.30. The van der Waals surface area contributed by atoms with E-state index in [4.69, 9.17) is 4.42 Å². The number of anilines is 3. The second-order valence-electron chi connectivity index (χ2n) is 11.0. The number of furan rings is 1. The van der Waals surface area contributed by atoms with Crippen molar-refractivity contribution in [2.24, 2.45) is 0 Å². The van der Waals surface area contributed by atoms with Gasteiger partial charge in [0, 0.05) is 27.8 Å². The Hall–Kier alpha value is -5.86. The highest BCUT2D eigenvalue weighted by atomic mass is 16.3. The van der Waals surface area contributed by atoms with E-state index in [-0.39, 0.29) is 0 Å². The highest BCUT2D eigenvalue weighted by Gasteiger charge is 2.14. The average Bonchev–Trinajstić information content (AvgIpc) is 3.48. The Kier molecular flexibility index (Phi) is 6.51. The van der Waals surface area contributed by atoms with E-state index in [0.717, 1.165) is 50.1 Å². The molecule has 0 saturated carbocycles. The standard InChI is InChI=1S/C42H29NO/c1-3-9-30(10-4-1)31-15-17-32(18-16-31)33-19-24-37(25-20-33)43(36-11-5-2-6-12-36)38-26-21-34(22-27-38)35-23-28-40-39-13-7-8-14-41(39)44-42(40)29-35/h1-29H. The first kappa shape index (κ1) is 25.8. The van der Waals surface area contributed by atoms with Crippen molar-refractivity contribution in [1.29, 1.82) is 0 Å².